The van der Waals surface area contributed by atoms with Crippen LogP contribution in [0.1, 0.15) is 5.56 Å². The molecule has 2 rings (SSSR count). The lowest BCUT2D eigenvalue weighted by Gasteiger charge is -2.10. The number of nitro benzene ring substituents is 1. The molecule has 0 bridgehead atoms. The van der Waals surface area contributed by atoms with Crippen LogP contribution in [-0.4, -0.2) is 19.1 Å². The SMILES string of the molecule is COc1cc(CNc2ccc([N+](=O)[O-])cc2)cc(OC)c1. The Bertz CT molecular complexity index is 604. The van der Waals surface area contributed by atoms with Crippen molar-refractivity contribution in [1.29, 1.82) is 0 Å². The zero-order valence-corrected chi connectivity index (χ0v) is 11.8. The van der Waals surface area contributed by atoms with Crippen molar-refractivity contribution >= 4 is 11.4 Å². The second-order valence-electron chi connectivity index (χ2n) is 4.38. The molecule has 0 heterocycles. The van der Waals surface area contributed by atoms with Gasteiger partial charge in [0, 0.05) is 30.4 Å². The van der Waals surface area contributed by atoms with Crippen molar-refractivity contribution < 1.29 is 14.4 Å². The molecule has 0 saturated carbocycles. The molecule has 2 aromatic rings. The van der Waals surface area contributed by atoms with Crippen molar-refractivity contribution in [1.82, 2.24) is 0 Å². The molecule has 0 aliphatic rings. The summed E-state index contributed by atoms with van der Waals surface area (Å²) in [6.45, 7) is 0.561. The Labute approximate surface area is 122 Å². The van der Waals surface area contributed by atoms with Crippen molar-refractivity contribution in [2.24, 2.45) is 0 Å². The van der Waals surface area contributed by atoms with E-state index in [-0.39, 0.29) is 5.69 Å². The van der Waals surface area contributed by atoms with Gasteiger partial charge in [-0.05, 0) is 29.8 Å². The van der Waals surface area contributed by atoms with Crippen molar-refractivity contribution in [2.75, 3.05) is 19.5 Å². The zero-order chi connectivity index (χ0) is 15.2. The highest BCUT2D eigenvalue weighted by Crippen LogP contribution is 2.23. The number of nitrogens with zero attached hydrogens (tertiary/aromatic N) is 1. The largest absolute Gasteiger partial charge is 0.497 e. The third-order valence-corrected chi connectivity index (χ3v) is 2.99. The Morgan fingerprint density at radius 2 is 1.62 bits per heavy atom. The van der Waals surface area contributed by atoms with Crippen LogP contribution >= 0.6 is 0 Å². The van der Waals surface area contributed by atoms with Gasteiger partial charge in [-0.1, -0.05) is 0 Å². The number of benzene rings is 2. The van der Waals surface area contributed by atoms with E-state index in [1.54, 1.807) is 32.4 Å². The van der Waals surface area contributed by atoms with Gasteiger partial charge in [0.05, 0.1) is 19.1 Å². The number of rotatable bonds is 6. The van der Waals surface area contributed by atoms with E-state index in [9.17, 15) is 10.1 Å². The molecule has 1 N–H and O–H groups in total. The number of anilines is 1. The smallest absolute Gasteiger partial charge is 0.269 e. The monoisotopic (exact) mass is 288 g/mol. The Morgan fingerprint density at radius 1 is 1.05 bits per heavy atom. The molecule has 0 atom stereocenters. The third-order valence-electron chi connectivity index (χ3n) is 2.99. The normalized spacial score (nSPS) is 10.0. The van der Waals surface area contributed by atoms with Crippen LogP contribution in [-0.2, 0) is 6.54 Å². The van der Waals surface area contributed by atoms with Gasteiger partial charge in [-0.15, -0.1) is 0 Å². The Morgan fingerprint density at radius 3 is 2.10 bits per heavy atom. The van der Waals surface area contributed by atoms with Crippen LogP contribution in [0.2, 0.25) is 0 Å². The molecule has 0 radical (unpaired) electrons. The first-order valence-electron chi connectivity index (χ1n) is 6.32. The van der Waals surface area contributed by atoms with Crippen LogP contribution in [0.5, 0.6) is 11.5 Å². The summed E-state index contributed by atoms with van der Waals surface area (Å²) in [5, 5.41) is 13.8. The van der Waals surface area contributed by atoms with Gasteiger partial charge in [0.25, 0.3) is 5.69 Å². The number of hydrogen-bond donors (Lipinski definition) is 1. The van der Waals surface area contributed by atoms with Crippen molar-refractivity contribution in [3.8, 4) is 11.5 Å². The maximum atomic E-state index is 10.6. The molecule has 110 valence electrons. The maximum absolute atomic E-state index is 10.6. The fourth-order valence-corrected chi connectivity index (χ4v) is 1.87. The molecule has 0 saturated heterocycles. The molecular formula is C15H16N2O4. The van der Waals surface area contributed by atoms with Crippen LogP contribution in [0.15, 0.2) is 42.5 Å². The van der Waals surface area contributed by atoms with Crippen LogP contribution in [0.4, 0.5) is 11.4 Å². The molecule has 6 heteroatoms. The summed E-state index contributed by atoms with van der Waals surface area (Å²) in [6.07, 6.45) is 0. The zero-order valence-electron chi connectivity index (χ0n) is 11.8. The summed E-state index contributed by atoms with van der Waals surface area (Å²) in [5.41, 5.74) is 1.87. The topological polar surface area (TPSA) is 73.6 Å². The Hall–Kier alpha value is -2.76. The lowest BCUT2D eigenvalue weighted by molar-refractivity contribution is -0.384. The molecular weight excluding hydrogens is 272 g/mol. The van der Waals surface area contributed by atoms with E-state index in [4.69, 9.17) is 9.47 Å². The average Bonchev–Trinajstić information content (AvgIpc) is 2.52. The van der Waals surface area contributed by atoms with Crippen LogP contribution < -0.4 is 14.8 Å². The Balaban J connectivity index is 2.06. The highest BCUT2D eigenvalue weighted by Gasteiger charge is 2.05. The van der Waals surface area contributed by atoms with E-state index in [1.807, 2.05) is 12.1 Å². The minimum absolute atomic E-state index is 0.0728. The number of non-ortho nitro benzene ring substituents is 1. The average molecular weight is 288 g/mol. The standard InChI is InChI=1S/C15H16N2O4/c1-20-14-7-11(8-15(9-14)21-2)10-16-12-3-5-13(6-4-12)17(18)19/h3-9,16H,10H2,1-2H3. The predicted octanol–water partition coefficient (Wildman–Crippen LogP) is 3.22. The van der Waals surface area contributed by atoms with Gasteiger partial charge in [0.2, 0.25) is 0 Å². The van der Waals surface area contributed by atoms with Gasteiger partial charge < -0.3 is 14.8 Å². The minimum atomic E-state index is -0.420. The number of nitrogens with one attached hydrogen (secondary N) is 1. The quantitative estimate of drug-likeness (QED) is 0.652. The van der Waals surface area contributed by atoms with Gasteiger partial charge in [0.1, 0.15) is 11.5 Å². The molecule has 0 aliphatic heterocycles. The highest BCUT2D eigenvalue weighted by atomic mass is 16.6. The lowest BCUT2D eigenvalue weighted by Crippen LogP contribution is -2.00. The molecule has 21 heavy (non-hydrogen) atoms. The van der Waals surface area contributed by atoms with E-state index in [2.05, 4.69) is 5.32 Å². The van der Waals surface area contributed by atoms with Gasteiger partial charge in [-0.25, -0.2) is 0 Å². The molecule has 0 amide bonds. The van der Waals surface area contributed by atoms with E-state index in [1.165, 1.54) is 12.1 Å². The number of nitro groups is 1. The van der Waals surface area contributed by atoms with Crippen molar-refractivity contribution in [3.63, 3.8) is 0 Å². The predicted molar refractivity (Wildman–Crippen MR) is 80.0 cm³/mol. The van der Waals surface area contributed by atoms with E-state index in [0.717, 1.165) is 22.7 Å². The van der Waals surface area contributed by atoms with Gasteiger partial charge in [0.15, 0.2) is 0 Å². The first-order chi connectivity index (χ1) is 10.1. The van der Waals surface area contributed by atoms with E-state index >= 15 is 0 Å². The Kier molecular flexibility index (Phi) is 4.61. The molecule has 0 aliphatic carbocycles. The minimum Gasteiger partial charge on any atom is -0.497 e. The second kappa shape index (κ2) is 6.60. The third kappa shape index (κ3) is 3.85. The van der Waals surface area contributed by atoms with Crippen LogP contribution in [0, 0.1) is 10.1 Å². The van der Waals surface area contributed by atoms with Crippen LogP contribution in [0.3, 0.4) is 0 Å². The summed E-state index contributed by atoms with van der Waals surface area (Å²) in [5.74, 6) is 1.43. The van der Waals surface area contributed by atoms with Gasteiger partial charge in [-0.2, -0.15) is 0 Å². The first-order valence-corrected chi connectivity index (χ1v) is 6.32. The van der Waals surface area contributed by atoms with Gasteiger partial charge >= 0.3 is 0 Å². The fourth-order valence-electron chi connectivity index (χ4n) is 1.87. The maximum Gasteiger partial charge on any atom is 0.269 e. The number of hydrogen-bond acceptors (Lipinski definition) is 5. The summed E-state index contributed by atoms with van der Waals surface area (Å²) >= 11 is 0. The molecule has 6 nitrogen and oxygen atoms in total. The number of ether oxygens (including phenoxy) is 2. The summed E-state index contributed by atoms with van der Waals surface area (Å²) in [4.78, 5) is 10.2. The summed E-state index contributed by atoms with van der Waals surface area (Å²) < 4.78 is 10.4. The summed E-state index contributed by atoms with van der Waals surface area (Å²) in [6, 6.07) is 11.9. The second-order valence-corrected chi connectivity index (χ2v) is 4.38. The van der Waals surface area contributed by atoms with Crippen LogP contribution in [0.25, 0.3) is 0 Å². The summed E-state index contributed by atoms with van der Waals surface area (Å²) in [7, 11) is 3.20. The fraction of sp³-hybridized carbons (Fsp3) is 0.200. The van der Waals surface area contributed by atoms with E-state index < -0.39 is 4.92 Å². The first kappa shape index (κ1) is 14.6. The molecule has 0 unspecified atom stereocenters. The van der Waals surface area contributed by atoms with Crippen molar-refractivity contribution in [2.45, 2.75) is 6.54 Å². The van der Waals surface area contributed by atoms with Gasteiger partial charge in [-0.3, -0.25) is 10.1 Å². The molecule has 2 aromatic carbocycles. The van der Waals surface area contributed by atoms with E-state index in [0.29, 0.717) is 6.54 Å². The highest BCUT2D eigenvalue weighted by molar-refractivity contribution is 5.49. The molecule has 0 spiro atoms. The lowest BCUT2D eigenvalue weighted by atomic mass is 10.2. The number of methoxy groups -OCH3 is 2. The molecule has 0 fully saturated rings. The van der Waals surface area contributed by atoms with Crippen molar-refractivity contribution in [3.05, 3.63) is 58.1 Å². The molecule has 0 aromatic heterocycles.